The molecule has 110 valence electrons. The van der Waals surface area contributed by atoms with Crippen LogP contribution in [0.25, 0.3) is 0 Å². The first-order valence-electron chi connectivity index (χ1n) is 7.18. The van der Waals surface area contributed by atoms with E-state index in [9.17, 15) is 5.11 Å². The van der Waals surface area contributed by atoms with Gasteiger partial charge in [-0.25, -0.2) is 0 Å². The molecule has 1 aromatic carbocycles. The van der Waals surface area contributed by atoms with E-state index >= 15 is 0 Å². The lowest BCUT2D eigenvalue weighted by Gasteiger charge is -2.32. The molecule has 0 amide bonds. The third-order valence-corrected chi connectivity index (χ3v) is 4.37. The summed E-state index contributed by atoms with van der Waals surface area (Å²) < 4.78 is 5.22. The summed E-state index contributed by atoms with van der Waals surface area (Å²) in [6.07, 6.45) is 2.27. The summed E-state index contributed by atoms with van der Waals surface area (Å²) in [4.78, 5) is 0. The maximum Gasteiger partial charge on any atom is 0.119 e. The van der Waals surface area contributed by atoms with Crippen LogP contribution in [0.4, 0.5) is 0 Å². The van der Waals surface area contributed by atoms with Crippen LogP contribution in [0.1, 0.15) is 36.8 Å². The Morgan fingerprint density at radius 2 is 2.25 bits per heavy atom. The summed E-state index contributed by atoms with van der Waals surface area (Å²) in [6, 6.07) is 6.25. The molecule has 2 N–H and O–H groups in total. The number of aliphatic hydroxyl groups is 2. The van der Waals surface area contributed by atoms with Crippen LogP contribution in [0.15, 0.2) is 30.4 Å². The Bertz CT molecular complexity index is 481. The zero-order valence-corrected chi connectivity index (χ0v) is 12.3. The largest absolute Gasteiger partial charge is 0.497 e. The Balaban J connectivity index is 1.93. The van der Waals surface area contributed by atoms with Gasteiger partial charge in [-0.05, 0) is 55.4 Å². The van der Waals surface area contributed by atoms with Gasteiger partial charge in [0.05, 0.1) is 19.8 Å². The van der Waals surface area contributed by atoms with E-state index < -0.39 is 6.10 Å². The summed E-state index contributed by atoms with van der Waals surface area (Å²) in [6.45, 7) is 5.65. The van der Waals surface area contributed by atoms with Crippen molar-refractivity contribution in [2.45, 2.75) is 38.2 Å². The average Bonchev–Trinajstić information content (AvgIpc) is 2.42. The van der Waals surface area contributed by atoms with Gasteiger partial charge in [-0.15, -0.1) is 0 Å². The van der Waals surface area contributed by atoms with Crippen molar-refractivity contribution in [3.63, 3.8) is 0 Å². The molecule has 0 saturated heterocycles. The number of hydrogen-bond acceptors (Lipinski definition) is 3. The molecule has 1 unspecified atom stereocenters. The Kier molecular flexibility index (Phi) is 4.84. The van der Waals surface area contributed by atoms with Crippen LogP contribution in [0.3, 0.4) is 0 Å². The van der Waals surface area contributed by atoms with Crippen molar-refractivity contribution in [3.05, 3.63) is 41.5 Å². The quantitative estimate of drug-likeness (QED) is 0.753. The van der Waals surface area contributed by atoms with Gasteiger partial charge >= 0.3 is 0 Å². The van der Waals surface area contributed by atoms with E-state index in [0.717, 1.165) is 30.6 Å². The first kappa shape index (κ1) is 15.1. The number of ether oxygens (including phenoxy) is 1. The predicted molar refractivity (Wildman–Crippen MR) is 80.1 cm³/mol. The summed E-state index contributed by atoms with van der Waals surface area (Å²) >= 11 is 0. The maximum absolute atomic E-state index is 9.83. The molecule has 0 bridgehead atoms. The van der Waals surface area contributed by atoms with Crippen LogP contribution in [-0.4, -0.2) is 30.0 Å². The standard InChI is InChI=1S/C17H24O3/c1-11(2)15(17(19)10-18)6-4-12-8-13-9-14(20-3)5-7-16(12)13/h5,7,9,12,15,17-19H,1,4,6,8,10H2,2-3H3/t12?,15-,17-/m0/s1. The van der Waals surface area contributed by atoms with Gasteiger partial charge < -0.3 is 14.9 Å². The third-order valence-electron chi connectivity index (χ3n) is 4.37. The highest BCUT2D eigenvalue weighted by molar-refractivity contribution is 5.44. The Morgan fingerprint density at radius 1 is 1.50 bits per heavy atom. The van der Waals surface area contributed by atoms with Crippen molar-refractivity contribution in [1.82, 2.24) is 0 Å². The molecule has 0 fully saturated rings. The molecule has 3 heteroatoms. The highest BCUT2D eigenvalue weighted by Gasteiger charge is 2.28. The van der Waals surface area contributed by atoms with Gasteiger partial charge in [0.1, 0.15) is 5.75 Å². The number of aliphatic hydroxyl groups excluding tert-OH is 2. The molecular formula is C17H24O3. The Hall–Kier alpha value is -1.32. The van der Waals surface area contributed by atoms with Gasteiger partial charge in [0.25, 0.3) is 0 Å². The fraction of sp³-hybridized carbons (Fsp3) is 0.529. The zero-order chi connectivity index (χ0) is 14.7. The average molecular weight is 276 g/mol. The van der Waals surface area contributed by atoms with Crippen molar-refractivity contribution < 1.29 is 14.9 Å². The topological polar surface area (TPSA) is 49.7 Å². The molecule has 3 nitrogen and oxygen atoms in total. The van der Waals surface area contributed by atoms with Crippen molar-refractivity contribution >= 4 is 0 Å². The maximum atomic E-state index is 9.83. The highest BCUT2D eigenvalue weighted by Crippen LogP contribution is 2.41. The monoisotopic (exact) mass is 276 g/mol. The van der Waals surface area contributed by atoms with E-state index in [-0.39, 0.29) is 12.5 Å². The molecule has 0 aliphatic heterocycles. The molecule has 1 aliphatic carbocycles. The van der Waals surface area contributed by atoms with Crippen molar-refractivity contribution in [3.8, 4) is 5.75 Å². The normalized spacial score (nSPS) is 19.7. The lowest BCUT2D eigenvalue weighted by molar-refractivity contribution is 0.0550. The lowest BCUT2D eigenvalue weighted by atomic mass is 9.73. The second-order valence-electron chi connectivity index (χ2n) is 5.75. The van der Waals surface area contributed by atoms with Gasteiger partial charge in [0.15, 0.2) is 0 Å². The first-order valence-corrected chi connectivity index (χ1v) is 7.18. The molecule has 20 heavy (non-hydrogen) atoms. The van der Waals surface area contributed by atoms with E-state index in [2.05, 4.69) is 18.7 Å². The van der Waals surface area contributed by atoms with E-state index in [1.807, 2.05) is 13.0 Å². The number of methoxy groups -OCH3 is 1. The second kappa shape index (κ2) is 6.42. The van der Waals surface area contributed by atoms with Gasteiger partial charge in [0, 0.05) is 5.92 Å². The molecular weight excluding hydrogens is 252 g/mol. The molecule has 3 atom stereocenters. The molecule has 1 aliphatic rings. The van der Waals surface area contributed by atoms with Crippen molar-refractivity contribution in [2.75, 3.05) is 13.7 Å². The minimum atomic E-state index is -0.692. The van der Waals surface area contributed by atoms with E-state index in [1.165, 1.54) is 11.1 Å². The smallest absolute Gasteiger partial charge is 0.119 e. The van der Waals surface area contributed by atoms with Gasteiger partial charge in [-0.2, -0.15) is 0 Å². The summed E-state index contributed by atoms with van der Waals surface area (Å²) in [5.41, 5.74) is 3.70. The fourth-order valence-electron chi connectivity index (χ4n) is 3.06. The summed E-state index contributed by atoms with van der Waals surface area (Å²) in [7, 11) is 1.69. The summed E-state index contributed by atoms with van der Waals surface area (Å²) in [5.74, 6) is 1.46. The second-order valence-corrected chi connectivity index (χ2v) is 5.75. The zero-order valence-electron chi connectivity index (χ0n) is 12.3. The third kappa shape index (κ3) is 3.05. The molecule has 0 spiro atoms. The fourth-order valence-corrected chi connectivity index (χ4v) is 3.06. The number of hydrogen-bond donors (Lipinski definition) is 2. The minimum Gasteiger partial charge on any atom is -0.497 e. The van der Waals surface area contributed by atoms with Crippen LogP contribution in [-0.2, 0) is 6.42 Å². The molecule has 1 aromatic rings. The first-order chi connectivity index (χ1) is 9.56. The van der Waals surface area contributed by atoms with E-state index in [0.29, 0.717) is 5.92 Å². The van der Waals surface area contributed by atoms with Crippen LogP contribution < -0.4 is 4.74 Å². The van der Waals surface area contributed by atoms with Crippen LogP contribution in [0, 0.1) is 5.92 Å². The van der Waals surface area contributed by atoms with E-state index in [4.69, 9.17) is 9.84 Å². The van der Waals surface area contributed by atoms with Gasteiger partial charge in [0.2, 0.25) is 0 Å². The van der Waals surface area contributed by atoms with Crippen molar-refractivity contribution in [2.24, 2.45) is 5.92 Å². The molecule has 0 aromatic heterocycles. The van der Waals surface area contributed by atoms with Crippen LogP contribution in [0.5, 0.6) is 5.75 Å². The van der Waals surface area contributed by atoms with Gasteiger partial charge in [-0.1, -0.05) is 18.2 Å². The number of rotatable bonds is 7. The van der Waals surface area contributed by atoms with E-state index in [1.54, 1.807) is 7.11 Å². The Morgan fingerprint density at radius 3 is 2.80 bits per heavy atom. The number of benzene rings is 1. The molecule has 0 heterocycles. The molecule has 2 rings (SSSR count). The van der Waals surface area contributed by atoms with Crippen LogP contribution >= 0.6 is 0 Å². The van der Waals surface area contributed by atoms with Crippen LogP contribution in [0.2, 0.25) is 0 Å². The number of fused-ring (bicyclic) bond motifs is 1. The SMILES string of the molecule is C=C(C)[C@H](CCC1Cc2cc(OC)ccc21)[C@@H](O)CO. The Labute approximate surface area is 120 Å². The molecule has 0 radical (unpaired) electrons. The van der Waals surface area contributed by atoms with Gasteiger partial charge in [-0.3, -0.25) is 0 Å². The highest BCUT2D eigenvalue weighted by atomic mass is 16.5. The molecule has 0 saturated carbocycles. The minimum absolute atomic E-state index is 0.0118. The lowest BCUT2D eigenvalue weighted by Crippen LogP contribution is -2.26. The summed E-state index contributed by atoms with van der Waals surface area (Å²) in [5, 5.41) is 18.9. The predicted octanol–water partition coefficient (Wildman–Crippen LogP) is 2.66. The van der Waals surface area contributed by atoms with Crippen molar-refractivity contribution in [1.29, 1.82) is 0 Å².